The summed E-state index contributed by atoms with van der Waals surface area (Å²) in [5, 5.41) is 5.83. The van der Waals surface area contributed by atoms with Crippen molar-refractivity contribution in [3.05, 3.63) is 54.0 Å². The van der Waals surface area contributed by atoms with Gasteiger partial charge in [-0.05, 0) is 49.1 Å². The van der Waals surface area contributed by atoms with E-state index in [2.05, 4.69) is 27.1 Å². The van der Waals surface area contributed by atoms with Crippen molar-refractivity contribution in [3.63, 3.8) is 0 Å². The highest BCUT2D eigenvalue weighted by Gasteiger charge is 2.23. The summed E-state index contributed by atoms with van der Waals surface area (Å²) in [4.78, 5) is 21.6. The number of rotatable bonds is 6. The van der Waals surface area contributed by atoms with Crippen molar-refractivity contribution >= 4 is 22.9 Å². The molecule has 0 saturated heterocycles. The van der Waals surface area contributed by atoms with Crippen molar-refractivity contribution in [2.45, 2.75) is 51.5 Å². The lowest BCUT2D eigenvalue weighted by atomic mass is 10.1. The molecule has 2 heterocycles. The zero-order chi connectivity index (χ0) is 19.3. The van der Waals surface area contributed by atoms with Crippen molar-refractivity contribution in [2.24, 2.45) is 0 Å². The van der Waals surface area contributed by atoms with Gasteiger partial charge in [-0.3, -0.25) is 0 Å². The number of nitrogens with zero attached hydrogens (tertiary/aromatic N) is 3. The van der Waals surface area contributed by atoms with Crippen molar-refractivity contribution < 1.29 is 4.79 Å². The summed E-state index contributed by atoms with van der Waals surface area (Å²) in [5.74, 6) is 1.01. The van der Waals surface area contributed by atoms with Crippen LogP contribution in [0.1, 0.15) is 50.0 Å². The van der Waals surface area contributed by atoms with Crippen LogP contribution >= 0.6 is 0 Å². The van der Waals surface area contributed by atoms with Crippen LogP contribution in [0.4, 0.5) is 10.5 Å². The zero-order valence-corrected chi connectivity index (χ0v) is 16.3. The lowest BCUT2D eigenvalue weighted by Crippen LogP contribution is -2.31. The largest absolute Gasteiger partial charge is 0.337 e. The smallest absolute Gasteiger partial charge is 0.319 e. The summed E-state index contributed by atoms with van der Waals surface area (Å²) >= 11 is 0. The second-order valence-corrected chi connectivity index (χ2v) is 7.36. The summed E-state index contributed by atoms with van der Waals surface area (Å²) in [5.41, 5.74) is 3.96. The number of urea groups is 1. The first kappa shape index (κ1) is 18.5. The molecule has 3 aromatic rings. The van der Waals surface area contributed by atoms with Gasteiger partial charge in [-0.1, -0.05) is 31.9 Å². The third-order valence-electron chi connectivity index (χ3n) is 5.47. The topological polar surface area (TPSA) is 71.8 Å². The summed E-state index contributed by atoms with van der Waals surface area (Å²) < 4.78 is 2.30. The van der Waals surface area contributed by atoms with E-state index in [1.54, 1.807) is 0 Å². The van der Waals surface area contributed by atoms with Crippen LogP contribution in [0.2, 0.25) is 0 Å². The Morgan fingerprint density at radius 2 is 1.96 bits per heavy atom. The van der Waals surface area contributed by atoms with E-state index in [1.807, 2.05) is 42.6 Å². The fourth-order valence-corrected chi connectivity index (χ4v) is 3.99. The Balaban J connectivity index is 1.39. The molecule has 0 unspecified atom stereocenters. The Morgan fingerprint density at radius 3 is 2.71 bits per heavy atom. The second-order valence-electron chi connectivity index (χ2n) is 7.36. The number of benzene rings is 1. The minimum Gasteiger partial charge on any atom is -0.337 e. The molecule has 6 heteroatoms. The average Bonchev–Trinajstić information content (AvgIpc) is 3.35. The lowest BCUT2D eigenvalue weighted by Gasteiger charge is -2.16. The Kier molecular flexibility index (Phi) is 5.55. The van der Waals surface area contributed by atoms with Crippen LogP contribution < -0.4 is 10.6 Å². The maximum atomic E-state index is 12.2. The van der Waals surface area contributed by atoms with Gasteiger partial charge < -0.3 is 15.2 Å². The van der Waals surface area contributed by atoms with Crippen molar-refractivity contribution in [1.29, 1.82) is 0 Å². The van der Waals surface area contributed by atoms with Crippen LogP contribution in [0, 0.1) is 0 Å². The third kappa shape index (κ3) is 4.01. The van der Waals surface area contributed by atoms with Crippen molar-refractivity contribution in [2.75, 3.05) is 11.9 Å². The van der Waals surface area contributed by atoms with Gasteiger partial charge in [0.2, 0.25) is 0 Å². The molecule has 1 fully saturated rings. The Hall–Kier alpha value is -2.89. The molecule has 1 aliphatic carbocycles. The highest BCUT2D eigenvalue weighted by molar-refractivity contribution is 5.89. The van der Waals surface area contributed by atoms with Gasteiger partial charge in [0.05, 0.1) is 0 Å². The Labute approximate surface area is 165 Å². The van der Waals surface area contributed by atoms with Crippen molar-refractivity contribution in [3.8, 4) is 0 Å². The number of aryl methyl sites for hydroxylation is 1. The molecule has 1 aliphatic rings. The summed E-state index contributed by atoms with van der Waals surface area (Å²) in [6.45, 7) is 2.65. The van der Waals surface area contributed by atoms with Gasteiger partial charge >= 0.3 is 6.03 Å². The van der Waals surface area contributed by atoms with Gasteiger partial charge in [-0.25, -0.2) is 14.8 Å². The second kappa shape index (κ2) is 8.42. The third-order valence-corrected chi connectivity index (χ3v) is 5.47. The molecule has 0 aliphatic heterocycles. The van der Waals surface area contributed by atoms with E-state index in [0.717, 1.165) is 29.1 Å². The SMILES string of the molecule is CCc1ccc(NC(=O)NCCc2nc3cccnc3n2C2CCCC2)cc1. The molecule has 0 atom stereocenters. The minimum atomic E-state index is -0.189. The monoisotopic (exact) mass is 377 g/mol. The number of carbonyl (C=O) groups excluding carboxylic acids is 1. The van der Waals surface area contributed by atoms with E-state index in [0.29, 0.717) is 19.0 Å². The van der Waals surface area contributed by atoms with E-state index in [-0.39, 0.29) is 6.03 Å². The molecule has 0 bridgehead atoms. The fourth-order valence-electron chi connectivity index (χ4n) is 3.99. The van der Waals surface area contributed by atoms with Gasteiger partial charge in [0.25, 0.3) is 0 Å². The maximum absolute atomic E-state index is 12.2. The first-order chi connectivity index (χ1) is 13.7. The molecule has 1 aromatic carbocycles. The van der Waals surface area contributed by atoms with Crippen LogP contribution in [0.15, 0.2) is 42.6 Å². The Morgan fingerprint density at radius 1 is 1.18 bits per heavy atom. The van der Waals surface area contributed by atoms with Gasteiger partial charge in [0.15, 0.2) is 5.65 Å². The number of anilines is 1. The molecular weight excluding hydrogens is 350 g/mol. The van der Waals surface area contributed by atoms with Crippen molar-refractivity contribution in [1.82, 2.24) is 19.9 Å². The standard InChI is InChI=1S/C22H27N5O/c1-2-16-9-11-17(12-10-16)25-22(28)24-15-13-20-26-19-8-5-14-23-21(19)27(20)18-6-3-4-7-18/h5,8-12,14,18H,2-4,6-7,13,15H2,1H3,(H2,24,25,28). The van der Waals surface area contributed by atoms with E-state index in [1.165, 1.54) is 31.2 Å². The molecule has 2 N–H and O–H groups in total. The fraction of sp³-hybridized carbons (Fsp3) is 0.409. The number of pyridine rings is 1. The Bertz CT molecular complexity index is 941. The first-order valence-electron chi connectivity index (χ1n) is 10.2. The molecule has 28 heavy (non-hydrogen) atoms. The molecule has 2 amide bonds. The molecule has 6 nitrogen and oxygen atoms in total. The number of carbonyl (C=O) groups is 1. The van der Waals surface area contributed by atoms with Crippen LogP contribution in [-0.4, -0.2) is 27.1 Å². The zero-order valence-electron chi connectivity index (χ0n) is 16.3. The number of fused-ring (bicyclic) bond motifs is 1. The van der Waals surface area contributed by atoms with Crippen LogP contribution in [0.3, 0.4) is 0 Å². The van der Waals surface area contributed by atoms with Gasteiger partial charge in [-0.15, -0.1) is 0 Å². The van der Waals surface area contributed by atoms with Gasteiger partial charge in [-0.2, -0.15) is 0 Å². The number of hydrogen-bond donors (Lipinski definition) is 2. The summed E-state index contributed by atoms with van der Waals surface area (Å²) in [7, 11) is 0. The lowest BCUT2D eigenvalue weighted by molar-refractivity contribution is 0.252. The average molecular weight is 377 g/mol. The number of hydrogen-bond acceptors (Lipinski definition) is 3. The summed E-state index contributed by atoms with van der Waals surface area (Å²) in [6, 6.07) is 12.2. The highest BCUT2D eigenvalue weighted by atomic mass is 16.2. The minimum absolute atomic E-state index is 0.189. The number of aromatic nitrogens is 3. The summed E-state index contributed by atoms with van der Waals surface area (Å²) in [6.07, 6.45) is 8.38. The first-order valence-corrected chi connectivity index (χ1v) is 10.2. The molecule has 4 rings (SSSR count). The molecule has 146 valence electrons. The van der Waals surface area contributed by atoms with E-state index >= 15 is 0 Å². The predicted octanol–water partition coefficient (Wildman–Crippen LogP) is 4.47. The van der Waals surface area contributed by atoms with E-state index < -0.39 is 0 Å². The van der Waals surface area contributed by atoms with Gasteiger partial charge in [0.1, 0.15) is 11.3 Å². The van der Waals surface area contributed by atoms with Crippen LogP contribution in [-0.2, 0) is 12.8 Å². The molecule has 0 radical (unpaired) electrons. The molecule has 1 saturated carbocycles. The molecular formula is C22H27N5O. The number of imidazole rings is 1. The van der Waals surface area contributed by atoms with Crippen LogP contribution in [0.25, 0.3) is 11.2 Å². The maximum Gasteiger partial charge on any atom is 0.319 e. The number of nitrogens with one attached hydrogen (secondary N) is 2. The number of amides is 2. The van der Waals surface area contributed by atoms with E-state index in [9.17, 15) is 4.79 Å². The molecule has 0 spiro atoms. The van der Waals surface area contributed by atoms with Gasteiger partial charge in [0, 0.05) is 30.9 Å². The predicted molar refractivity (Wildman–Crippen MR) is 112 cm³/mol. The highest BCUT2D eigenvalue weighted by Crippen LogP contribution is 2.33. The molecule has 2 aromatic heterocycles. The van der Waals surface area contributed by atoms with E-state index in [4.69, 9.17) is 4.98 Å². The quantitative estimate of drug-likeness (QED) is 0.666. The van der Waals surface area contributed by atoms with Crippen LogP contribution in [0.5, 0.6) is 0 Å². The normalized spacial score (nSPS) is 14.5.